The summed E-state index contributed by atoms with van der Waals surface area (Å²) in [7, 11) is 0. The van der Waals surface area contributed by atoms with Crippen LogP contribution in [-0.2, 0) is 0 Å². The van der Waals surface area contributed by atoms with Gasteiger partial charge in [0.2, 0.25) is 11.9 Å². The van der Waals surface area contributed by atoms with Crippen LogP contribution in [0.5, 0.6) is 0 Å². The minimum Gasteiger partial charge on any atom is -0.368 e. The maximum Gasteiger partial charge on any atom is 0.244 e. The molecule has 0 unspecified atom stereocenters. The highest BCUT2D eigenvalue weighted by Gasteiger charge is 2.24. The lowest BCUT2D eigenvalue weighted by atomic mass is 10.1. The molecule has 0 radical (unpaired) electrons. The molecule has 0 saturated heterocycles. The van der Waals surface area contributed by atoms with Crippen molar-refractivity contribution in [2.75, 3.05) is 11.1 Å². The number of nitrogens with zero attached hydrogens (tertiary/aromatic N) is 3. The number of aromatic nitrogens is 3. The fourth-order valence-corrected chi connectivity index (χ4v) is 2.58. The quantitative estimate of drug-likeness (QED) is 0.789. The van der Waals surface area contributed by atoms with Crippen molar-refractivity contribution in [1.29, 1.82) is 0 Å². The van der Waals surface area contributed by atoms with Crippen LogP contribution in [-0.4, -0.2) is 20.8 Å². The molecule has 2 aliphatic carbocycles. The van der Waals surface area contributed by atoms with E-state index < -0.39 is 0 Å². The summed E-state index contributed by atoms with van der Waals surface area (Å²) in [5.74, 6) is 1.29. The van der Waals surface area contributed by atoms with Crippen molar-refractivity contribution in [3.8, 4) is 0 Å². The molecule has 2 aliphatic rings. The number of nitrogens with two attached hydrogens (primary N) is 1. The number of nitrogen functional groups attached to an aromatic ring is 1. The highest BCUT2D eigenvalue weighted by molar-refractivity contribution is 5.34. The normalized spacial score (nSPS) is 22.4. The van der Waals surface area contributed by atoms with Gasteiger partial charge in [0.15, 0.2) is 0 Å². The second-order valence-electron chi connectivity index (χ2n) is 5.30. The number of hydrogen-bond acceptors (Lipinski definition) is 4. The van der Waals surface area contributed by atoms with Crippen molar-refractivity contribution >= 4 is 11.9 Å². The molecule has 2 fully saturated rings. The Bertz CT molecular complexity index is 374. The van der Waals surface area contributed by atoms with Crippen molar-refractivity contribution in [2.24, 2.45) is 0 Å². The fraction of sp³-hybridized carbons (Fsp3) is 0.833. The van der Waals surface area contributed by atoms with Gasteiger partial charge >= 0.3 is 0 Å². The van der Waals surface area contributed by atoms with E-state index in [1.165, 1.54) is 51.4 Å². The number of nitrogens with one attached hydrogen (secondary N) is 1. The van der Waals surface area contributed by atoms with Gasteiger partial charge < -0.3 is 11.1 Å². The van der Waals surface area contributed by atoms with Gasteiger partial charge in [-0.1, -0.05) is 25.7 Å². The molecule has 0 aromatic carbocycles. The topological polar surface area (TPSA) is 68.8 Å². The van der Waals surface area contributed by atoms with E-state index in [2.05, 4.69) is 15.4 Å². The molecule has 1 aromatic rings. The van der Waals surface area contributed by atoms with Gasteiger partial charge in [0.05, 0.1) is 6.04 Å². The van der Waals surface area contributed by atoms with Crippen LogP contribution in [0.2, 0.25) is 0 Å². The molecule has 0 atom stereocenters. The average molecular weight is 235 g/mol. The Labute approximate surface area is 102 Å². The minimum atomic E-state index is 0.458. The average Bonchev–Trinajstić information content (AvgIpc) is 3.07. The van der Waals surface area contributed by atoms with E-state index in [-0.39, 0.29) is 0 Å². The molecule has 1 heterocycles. The van der Waals surface area contributed by atoms with E-state index in [4.69, 9.17) is 5.73 Å². The highest BCUT2D eigenvalue weighted by Crippen LogP contribution is 2.29. The molecule has 17 heavy (non-hydrogen) atoms. The molecule has 1 aromatic heterocycles. The number of rotatable bonds is 3. The van der Waals surface area contributed by atoms with Crippen LogP contribution in [0, 0.1) is 0 Å². The summed E-state index contributed by atoms with van der Waals surface area (Å²) in [4.78, 5) is 4.32. The SMILES string of the molecule is Nc1nc(NC2CC2)nn1C1CCCCCC1. The molecule has 3 N–H and O–H groups in total. The standard InChI is InChI=1S/C12H21N5/c13-11-15-12(14-9-7-8-9)16-17(11)10-5-3-1-2-4-6-10/h9-10H,1-8H2,(H3,13,14,15,16). The number of hydrogen-bond donors (Lipinski definition) is 2. The molecule has 94 valence electrons. The summed E-state index contributed by atoms with van der Waals surface area (Å²) in [5.41, 5.74) is 5.97. The Hall–Kier alpha value is -1.26. The molecule has 3 rings (SSSR count). The summed E-state index contributed by atoms with van der Waals surface area (Å²) in [6, 6.07) is 1.04. The second kappa shape index (κ2) is 4.55. The molecular weight excluding hydrogens is 214 g/mol. The molecular formula is C12H21N5. The molecule has 0 aliphatic heterocycles. The Morgan fingerprint density at radius 2 is 1.76 bits per heavy atom. The Balaban J connectivity index is 1.73. The zero-order chi connectivity index (χ0) is 11.7. The lowest BCUT2D eigenvalue weighted by molar-refractivity contribution is 0.411. The second-order valence-corrected chi connectivity index (χ2v) is 5.30. The first kappa shape index (κ1) is 10.9. The van der Waals surface area contributed by atoms with Crippen molar-refractivity contribution in [1.82, 2.24) is 14.8 Å². The van der Waals surface area contributed by atoms with Crippen molar-refractivity contribution in [3.63, 3.8) is 0 Å². The minimum absolute atomic E-state index is 0.458. The van der Waals surface area contributed by atoms with Gasteiger partial charge in [0.1, 0.15) is 0 Å². The van der Waals surface area contributed by atoms with Crippen molar-refractivity contribution in [3.05, 3.63) is 0 Å². The van der Waals surface area contributed by atoms with E-state index in [0.29, 0.717) is 24.0 Å². The van der Waals surface area contributed by atoms with Gasteiger partial charge in [-0.15, -0.1) is 5.10 Å². The number of anilines is 2. The molecule has 2 saturated carbocycles. The first-order chi connectivity index (χ1) is 8.33. The van der Waals surface area contributed by atoms with Crippen LogP contribution < -0.4 is 11.1 Å². The maximum atomic E-state index is 5.97. The Morgan fingerprint density at radius 3 is 2.41 bits per heavy atom. The van der Waals surface area contributed by atoms with Gasteiger partial charge in [-0.3, -0.25) is 0 Å². The van der Waals surface area contributed by atoms with Gasteiger partial charge in [0, 0.05) is 6.04 Å². The zero-order valence-corrected chi connectivity index (χ0v) is 10.2. The summed E-state index contributed by atoms with van der Waals surface area (Å²) >= 11 is 0. The Morgan fingerprint density at radius 1 is 1.06 bits per heavy atom. The van der Waals surface area contributed by atoms with Crippen LogP contribution in [0.1, 0.15) is 57.4 Å². The van der Waals surface area contributed by atoms with E-state index in [9.17, 15) is 0 Å². The first-order valence-electron chi connectivity index (χ1n) is 6.81. The van der Waals surface area contributed by atoms with E-state index in [1.807, 2.05) is 4.68 Å². The predicted octanol–water partition coefficient (Wildman–Crippen LogP) is 2.33. The van der Waals surface area contributed by atoms with Crippen LogP contribution in [0.4, 0.5) is 11.9 Å². The maximum absolute atomic E-state index is 5.97. The van der Waals surface area contributed by atoms with E-state index in [1.54, 1.807) is 0 Å². The van der Waals surface area contributed by atoms with Gasteiger partial charge in [-0.2, -0.15) is 4.98 Å². The van der Waals surface area contributed by atoms with Crippen molar-refractivity contribution in [2.45, 2.75) is 63.5 Å². The molecule has 5 nitrogen and oxygen atoms in total. The first-order valence-corrected chi connectivity index (χ1v) is 6.81. The predicted molar refractivity (Wildman–Crippen MR) is 67.8 cm³/mol. The lowest BCUT2D eigenvalue weighted by Crippen LogP contribution is -2.13. The van der Waals surface area contributed by atoms with E-state index in [0.717, 1.165) is 0 Å². The van der Waals surface area contributed by atoms with Crippen molar-refractivity contribution < 1.29 is 0 Å². The molecule has 5 heteroatoms. The molecule has 0 amide bonds. The molecule has 0 bridgehead atoms. The van der Waals surface area contributed by atoms with Crippen LogP contribution in [0.15, 0.2) is 0 Å². The third-order valence-electron chi connectivity index (χ3n) is 3.74. The summed E-state index contributed by atoms with van der Waals surface area (Å²) in [5, 5.41) is 7.83. The summed E-state index contributed by atoms with van der Waals surface area (Å²) < 4.78 is 1.94. The largest absolute Gasteiger partial charge is 0.368 e. The summed E-state index contributed by atoms with van der Waals surface area (Å²) in [6.07, 6.45) is 10.1. The van der Waals surface area contributed by atoms with Gasteiger partial charge in [-0.25, -0.2) is 4.68 Å². The monoisotopic (exact) mass is 235 g/mol. The zero-order valence-electron chi connectivity index (χ0n) is 10.2. The van der Waals surface area contributed by atoms with Crippen LogP contribution in [0.3, 0.4) is 0 Å². The van der Waals surface area contributed by atoms with Crippen LogP contribution >= 0.6 is 0 Å². The Kier molecular flexibility index (Phi) is 2.91. The van der Waals surface area contributed by atoms with E-state index >= 15 is 0 Å². The lowest BCUT2D eigenvalue weighted by Gasteiger charge is -2.14. The third kappa shape index (κ3) is 2.53. The summed E-state index contributed by atoms with van der Waals surface area (Å²) in [6.45, 7) is 0. The van der Waals surface area contributed by atoms with Gasteiger partial charge in [0.25, 0.3) is 0 Å². The fourth-order valence-electron chi connectivity index (χ4n) is 2.58. The third-order valence-corrected chi connectivity index (χ3v) is 3.74. The molecule has 0 spiro atoms. The van der Waals surface area contributed by atoms with Gasteiger partial charge in [-0.05, 0) is 25.7 Å². The van der Waals surface area contributed by atoms with Crippen LogP contribution in [0.25, 0.3) is 0 Å². The highest BCUT2D eigenvalue weighted by atomic mass is 15.4. The smallest absolute Gasteiger partial charge is 0.244 e.